The maximum absolute atomic E-state index is 13.3. The molecule has 4 heterocycles. The molecule has 32 heavy (non-hydrogen) atoms. The molecule has 2 aliphatic rings. The number of halogens is 1. The first-order chi connectivity index (χ1) is 15.5. The lowest BCUT2D eigenvalue weighted by Crippen LogP contribution is -2.40. The third-order valence-electron chi connectivity index (χ3n) is 5.73. The number of benzene rings is 1. The Morgan fingerprint density at radius 2 is 2.03 bits per heavy atom. The van der Waals surface area contributed by atoms with Gasteiger partial charge in [-0.3, -0.25) is 9.36 Å². The molecule has 0 saturated carbocycles. The fraction of sp³-hybridized carbons (Fsp3) is 0.364. The molecule has 3 aromatic rings. The molecule has 0 N–H and O–H groups in total. The molecule has 2 aliphatic heterocycles. The van der Waals surface area contributed by atoms with Crippen molar-refractivity contribution in [3.63, 3.8) is 0 Å². The number of hydroxylamine groups is 1. The van der Waals surface area contributed by atoms with Gasteiger partial charge in [0, 0.05) is 24.4 Å². The summed E-state index contributed by atoms with van der Waals surface area (Å²) >= 11 is 8.04. The average molecular weight is 472 g/mol. The van der Waals surface area contributed by atoms with Gasteiger partial charge in [-0.15, -0.1) is 21.5 Å². The van der Waals surface area contributed by atoms with E-state index in [2.05, 4.69) is 10.2 Å². The Balaban J connectivity index is 1.53. The van der Waals surface area contributed by atoms with Gasteiger partial charge >= 0.3 is 0 Å². The minimum absolute atomic E-state index is 0.0770. The number of rotatable bonds is 4. The largest absolute Gasteiger partial charge is 0.623 e. The highest BCUT2D eigenvalue weighted by atomic mass is 35.5. The van der Waals surface area contributed by atoms with E-state index in [9.17, 15) is 10.0 Å². The van der Waals surface area contributed by atoms with Crippen LogP contribution in [0.15, 0.2) is 30.3 Å². The Morgan fingerprint density at radius 1 is 1.25 bits per heavy atom. The topological polar surface area (TPSA) is 86.3 Å². The van der Waals surface area contributed by atoms with E-state index in [0.717, 1.165) is 20.2 Å². The zero-order valence-corrected chi connectivity index (χ0v) is 19.2. The highest BCUT2D eigenvalue weighted by Gasteiger charge is 2.32. The van der Waals surface area contributed by atoms with Crippen LogP contribution in [-0.4, -0.2) is 62.3 Å². The summed E-state index contributed by atoms with van der Waals surface area (Å²) < 4.78 is 8.20. The monoisotopic (exact) mass is 471 g/mol. The van der Waals surface area contributed by atoms with Gasteiger partial charge in [-0.05, 0) is 31.5 Å². The Labute approximate surface area is 194 Å². The molecule has 2 aromatic heterocycles. The molecule has 0 aliphatic carbocycles. The molecule has 0 unspecified atom stereocenters. The first kappa shape index (κ1) is 21.1. The number of morpholine rings is 1. The van der Waals surface area contributed by atoms with E-state index in [1.54, 1.807) is 17.4 Å². The number of carbonyl (C=O) groups excluding carboxylic acids is 1. The van der Waals surface area contributed by atoms with Crippen molar-refractivity contribution in [3.05, 3.63) is 68.2 Å². The van der Waals surface area contributed by atoms with Crippen LogP contribution in [0.1, 0.15) is 34.1 Å². The summed E-state index contributed by atoms with van der Waals surface area (Å²) in [6, 6.07) is 9.35. The van der Waals surface area contributed by atoms with Gasteiger partial charge in [0.15, 0.2) is 0 Å². The molecule has 1 saturated heterocycles. The number of ether oxygens (including phenoxy) is 1. The minimum Gasteiger partial charge on any atom is -0.623 e. The summed E-state index contributed by atoms with van der Waals surface area (Å²) in [4.78, 5) is 15.5. The minimum atomic E-state index is 0.0770. The zero-order valence-electron chi connectivity index (χ0n) is 17.6. The van der Waals surface area contributed by atoms with Crippen molar-refractivity contribution in [2.24, 2.45) is 0 Å². The molecule has 1 amide bonds. The van der Waals surface area contributed by atoms with Crippen molar-refractivity contribution in [2.45, 2.75) is 26.3 Å². The molecule has 5 rings (SSSR count). The highest BCUT2D eigenvalue weighted by molar-refractivity contribution is 7.15. The molecule has 10 heteroatoms. The summed E-state index contributed by atoms with van der Waals surface area (Å²) in [5.41, 5.74) is 1.97. The molecule has 0 bridgehead atoms. The second-order valence-corrected chi connectivity index (χ2v) is 9.31. The second-order valence-electron chi connectivity index (χ2n) is 7.79. The number of thiophene rings is 1. The smallest absolute Gasteiger partial charge is 0.230 e. The molecule has 1 aromatic carbocycles. The van der Waals surface area contributed by atoms with Crippen molar-refractivity contribution in [1.82, 2.24) is 19.7 Å². The number of carbonyl (C=O) groups is 1. The van der Waals surface area contributed by atoms with Crippen LogP contribution in [0.4, 0.5) is 0 Å². The van der Waals surface area contributed by atoms with Gasteiger partial charge in [0.1, 0.15) is 10.8 Å². The fourth-order valence-corrected chi connectivity index (χ4v) is 5.59. The maximum atomic E-state index is 13.3. The van der Waals surface area contributed by atoms with E-state index >= 15 is 0 Å². The number of aryl methyl sites for hydroxylation is 2. The summed E-state index contributed by atoms with van der Waals surface area (Å²) in [7, 11) is 0. The Hall–Kier alpha value is -2.75. The van der Waals surface area contributed by atoms with Gasteiger partial charge in [0.05, 0.1) is 29.4 Å². The van der Waals surface area contributed by atoms with Crippen LogP contribution in [0.2, 0.25) is 5.02 Å². The summed E-state index contributed by atoms with van der Waals surface area (Å²) in [6.45, 7) is 4.40. The highest BCUT2D eigenvalue weighted by Crippen LogP contribution is 2.34. The zero-order chi connectivity index (χ0) is 22.2. The molecular weight excluding hydrogens is 450 g/mol. The Morgan fingerprint density at radius 3 is 2.81 bits per heavy atom. The van der Waals surface area contributed by atoms with Gasteiger partial charge in [-0.1, -0.05) is 23.7 Å². The SMILES string of the molecule is Cc1nnc2n1-c1sc(CCC(=O)N3CCOCC3)cc1C(c1ccccc1Cl)=[N+]([O-])C2. The van der Waals surface area contributed by atoms with Crippen LogP contribution in [0.3, 0.4) is 0 Å². The molecule has 0 atom stereocenters. The Kier molecular flexibility index (Phi) is 5.71. The normalized spacial score (nSPS) is 16.0. The number of amides is 1. The number of hydrogen-bond acceptors (Lipinski definition) is 6. The first-order valence-corrected chi connectivity index (χ1v) is 11.7. The second kappa shape index (κ2) is 8.65. The summed E-state index contributed by atoms with van der Waals surface area (Å²) in [5, 5.41) is 23.0. The van der Waals surface area contributed by atoms with Crippen LogP contribution in [0.25, 0.3) is 5.00 Å². The van der Waals surface area contributed by atoms with Crippen LogP contribution in [0, 0.1) is 12.1 Å². The van der Waals surface area contributed by atoms with Gasteiger partial charge in [0.25, 0.3) is 0 Å². The number of aromatic nitrogens is 3. The molecule has 1 fully saturated rings. The van der Waals surface area contributed by atoms with E-state index in [-0.39, 0.29) is 12.5 Å². The van der Waals surface area contributed by atoms with Crippen LogP contribution >= 0.6 is 22.9 Å². The first-order valence-electron chi connectivity index (χ1n) is 10.5. The van der Waals surface area contributed by atoms with Gasteiger partial charge in [-0.2, -0.15) is 4.74 Å². The fourth-order valence-electron chi connectivity index (χ4n) is 4.14. The van der Waals surface area contributed by atoms with Gasteiger partial charge < -0.3 is 14.8 Å². The molecule has 0 radical (unpaired) electrons. The summed E-state index contributed by atoms with van der Waals surface area (Å²) in [5.74, 6) is 1.42. The predicted octanol–water partition coefficient (Wildman–Crippen LogP) is 2.94. The van der Waals surface area contributed by atoms with E-state index in [1.807, 2.05) is 40.7 Å². The number of nitrogens with zero attached hydrogens (tertiary/aromatic N) is 5. The average Bonchev–Trinajstić information content (AvgIpc) is 3.34. The van der Waals surface area contributed by atoms with Crippen LogP contribution < -0.4 is 0 Å². The van der Waals surface area contributed by atoms with Crippen LogP contribution in [0.5, 0.6) is 0 Å². The maximum Gasteiger partial charge on any atom is 0.230 e. The lowest BCUT2D eigenvalue weighted by molar-refractivity contribution is -0.475. The lowest BCUT2D eigenvalue weighted by Gasteiger charge is -2.26. The van der Waals surface area contributed by atoms with Crippen LogP contribution in [-0.2, 0) is 22.5 Å². The van der Waals surface area contributed by atoms with Crippen molar-refractivity contribution in [1.29, 1.82) is 0 Å². The summed E-state index contributed by atoms with van der Waals surface area (Å²) in [6.07, 6.45) is 1.01. The standard InChI is InChI=1S/C22H22ClN5O3S/c1-14-24-25-19-13-27(30)21(16-4-2-3-5-18(16)23)17-12-15(32-22(17)28(14)19)6-7-20(29)26-8-10-31-11-9-26/h2-5,12H,6-11,13H2,1H3. The molecular formula is C22H22ClN5O3S. The molecule has 0 spiro atoms. The third-order valence-corrected chi connectivity index (χ3v) is 7.24. The molecule has 8 nitrogen and oxygen atoms in total. The van der Waals surface area contributed by atoms with Gasteiger partial charge in [0.2, 0.25) is 24.0 Å². The van der Waals surface area contributed by atoms with E-state index in [1.165, 1.54) is 0 Å². The Bertz CT molecular complexity index is 1210. The van der Waals surface area contributed by atoms with Gasteiger partial charge in [-0.25, -0.2) is 0 Å². The van der Waals surface area contributed by atoms with E-state index in [0.29, 0.717) is 67.1 Å². The third kappa shape index (κ3) is 3.80. The predicted molar refractivity (Wildman–Crippen MR) is 122 cm³/mol. The number of hydrogen-bond donors (Lipinski definition) is 0. The van der Waals surface area contributed by atoms with E-state index in [4.69, 9.17) is 16.3 Å². The van der Waals surface area contributed by atoms with Crippen molar-refractivity contribution >= 4 is 34.6 Å². The van der Waals surface area contributed by atoms with E-state index < -0.39 is 0 Å². The van der Waals surface area contributed by atoms with Crippen molar-refractivity contribution in [2.75, 3.05) is 26.3 Å². The number of fused-ring (bicyclic) bond motifs is 3. The van der Waals surface area contributed by atoms with Crippen molar-refractivity contribution in [3.8, 4) is 5.00 Å². The quantitative estimate of drug-likeness (QED) is 0.431. The van der Waals surface area contributed by atoms with Crippen molar-refractivity contribution < 1.29 is 14.3 Å². The molecule has 166 valence electrons. The lowest BCUT2D eigenvalue weighted by atomic mass is 10.0.